The monoisotopic (exact) mass is 252 g/mol. The molecule has 96 valence electrons. The van der Waals surface area contributed by atoms with Gasteiger partial charge in [-0.2, -0.15) is 0 Å². The Kier molecular flexibility index (Phi) is 2.31. The van der Waals surface area contributed by atoms with Crippen LogP contribution in [0.15, 0.2) is 18.2 Å². The van der Waals surface area contributed by atoms with Crippen LogP contribution >= 0.6 is 0 Å². The molecule has 1 N–H and O–H groups in total. The van der Waals surface area contributed by atoms with Crippen molar-refractivity contribution in [3.05, 3.63) is 34.1 Å². The number of β-amino-alcohol motifs (C(OH)–C–C–N with tert-alkyl or cyclic N) is 1. The first kappa shape index (κ1) is 11.4. The van der Waals surface area contributed by atoms with Crippen LogP contribution in [-0.2, 0) is 0 Å². The van der Waals surface area contributed by atoms with Gasteiger partial charge in [-0.15, -0.1) is 0 Å². The number of nitro benzene ring substituents is 1. The molecule has 0 amide bonds. The summed E-state index contributed by atoms with van der Waals surface area (Å²) in [5, 5.41) is 20.8. The van der Waals surface area contributed by atoms with Gasteiger partial charge in [0.15, 0.2) is 0 Å². The fourth-order valence-electron chi connectivity index (χ4n) is 2.52. The Morgan fingerprint density at radius 1 is 1.39 bits per heavy atom. The van der Waals surface area contributed by atoms with Crippen LogP contribution < -0.4 is 4.90 Å². The molecule has 6 heteroatoms. The van der Waals surface area contributed by atoms with Gasteiger partial charge in [-0.05, 0) is 24.8 Å². The molecule has 0 radical (unpaired) electrons. The summed E-state index contributed by atoms with van der Waals surface area (Å²) in [6.07, 6.45) is 2.07. The molecule has 18 heavy (non-hydrogen) atoms. The summed E-state index contributed by atoms with van der Waals surface area (Å²) in [6.45, 7) is 0.858. The number of hydrogen-bond donors (Lipinski definition) is 1. The summed E-state index contributed by atoms with van der Waals surface area (Å²) in [4.78, 5) is 11.8. The maximum absolute atomic E-state index is 13.3. The van der Waals surface area contributed by atoms with Crippen molar-refractivity contribution in [1.29, 1.82) is 0 Å². The highest BCUT2D eigenvalue weighted by molar-refractivity contribution is 5.56. The van der Waals surface area contributed by atoms with Crippen LogP contribution in [0.25, 0.3) is 0 Å². The molecule has 2 aliphatic rings. The molecule has 0 bridgehead atoms. The minimum atomic E-state index is -0.679. The van der Waals surface area contributed by atoms with E-state index in [4.69, 9.17) is 0 Å². The van der Waals surface area contributed by atoms with E-state index in [1.54, 1.807) is 4.90 Å². The van der Waals surface area contributed by atoms with Gasteiger partial charge in [0.25, 0.3) is 5.69 Å². The molecule has 3 rings (SSSR count). The van der Waals surface area contributed by atoms with Crippen molar-refractivity contribution in [3.63, 3.8) is 0 Å². The molecule has 2 fully saturated rings. The molecule has 1 heterocycles. The fourth-order valence-corrected chi connectivity index (χ4v) is 2.52. The number of rotatable bonds is 3. The summed E-state index contributed by atoms with van der Waals surface area (Å²) in [5.74, 6) is -0.279. The van der Waals surface area contributed by atoms with Crippen molar-refractivity contribution in [2.75, 3.05) is 18.0 Å². The highest BCUT2D eigenvalue weighted by Gasteiger charge is 2.52. The fraction of sp³-hybridized carbons (Fsp3) is 0.500. The minimum Gasteiger partial charge on any atom is -0.386 e. The van der Waals surface area contributed by atoms with Crippen LogP contribution in [-0.4, -0.2) is 28.7 Å². The van der Waals surface area contributed by atoms with E-state index in [-0.39, 0.29) is 5.69 Å². The summed E-state index contributed by atoms with van der Waals surface area (Å²) in [5.41, 5.74) is -0.472. The topological polar surface area (TPSA) is 66.6 Å². The summed E-state index contributed by atoms with van der Waals surface area (Å²) >= 11 is 0. The van der Waals surface area contributed by atoms with Crippen LogP contribution in [0.5, 0.6) is 0 Å². The average molecular weight is 252 g/mol. The van der Waals surface area contributed by atoms with Gasteiger partial charge in [0.1, 0.15) is 11.4 Å². The van der Waals surface area contributed by atoms with Crippen LogP contribution in [0.1, 0.15) is 12.8 Å². The lowest BCUT2D eigenvalue weighted by Gasteiger charge is -2.48. The molecule has 0 spiro atoms. The SMILES string of the molecule is O=[N+]([O-])c1cc(F)cc(N2CC(O)(C3CC3)C2)c1. The van der Waals surface area contributed by atoms with E-state index in [9.17, 15) is 19.6 Å². The first-order chi connectivity index (χ1) is 8.48. The lowest BCUT2D eigenvalue weighted by Crippen LogP contribution is -2.63. The van der Waals surface area contributed by atoms with E-state index in [0.29, 0.717) is 24.7 Å². The molecule has 0 atom stereocenters. The van der Waals surface area contributed by atoms with Crippen molar-refractivity contribution in [2.24, 2.45) is 5.92 Å². The van der Waals surface area contributed by atoms with Gasteiger partial charge < -0.3 is 10.0 Å². The van der Waals surface area contributed by atoms with Gasteiger partial charge in [0.2, 0.25) is 0 Å². The van der Waals surface area contributed by atoms with Crippen molar-refractivity contribution in [1.82, 2.24) is 0 Å². The number of aliphatic hydroxyl groups is 1. The zero-order valence-electron chi connectivity index (χ0n) is 9.67. The molecule has 1 aliphatic carbocycles. The predicted octanol–water partition coefficient (Wildman–Crippen LogP) is 1.69. The number of halogens is 1. The molecule has 1 aromatic carbocycles. The summed E-state index contributed by atoms with van der Waals surface area (Å²) in [7, 11) is 0. The van der Waals surface area contributed by atoms with Gasteiger partial charge in [-0.25, -0.2) is 4.39 Å². The van der Waals surface area contributed by atoms with Crippen molar-refractivity contribution >= 4 is 11.4 Å². The Bertz CT molecular complexity index is 510. The third-order valence-corrected chi connectivity index (χ3v) is 3.71. The molecule has 1 saturated heterocycles. The Labute approximate surface area is 103 Å². The number of non-ortho nitro benzene ring substituents is 1. The Morgan fingerprint density at radius 3 is 2.61 bits per heavy atom. The van der Waals surface area contributed by atoms with Gasteiger partial charge in [0.05, 0.1) is 11.0 Å². The highest BCUT2D eigenvalue weighted by Crippen LogP contribution is 2.45. The molecule has 0 aromatic heterocycles. The van der Waals surface area contributed by atoms with Crippen LogP contribution in [0, 0.1) is 21.8 Å². The third kappa shape index (κ3) is 1.82. The second kappa shape index (κ2) is 3.65. The van der Waals surface area contributed by atoms with E-state index < -0.39 is 16.3 Å². The Balaban J connectivity index is 1.79. The van der Waals surface area contributed by atoms with Crippen molar-refractivity contribution < 1.29 is 14.4 Å². The van der Waals surface area contributed by atoms with Gasteiger partial charge in [0, 0.05) is 24.8 Å². The molecule has 1 aromatic rings. The number of benzene rings is 1. The van der Waals surface area contributed by atoms with Gasteiger partial charge in [-0.1, -0.05) is 0 Å². The van der Waals surface area contributed by atoms with Gasteiger partial charge in [-0.3, -0.25) is 10.1 Å². The quantitative estimate of drug-likeness (QED) is 0.656. The molecular formula is C12H13FN2O3. The lowest BCUT2D eigenvalue weighted by atomic mass is 9.88. The van der Waals surface area contributed by atoms with E-state index >= 15 is 0 Å². The number of nitrogens with zero attached hydrogens (tertiary/aromatic N) is 2. The summed E-state index contributed by atoms with van der Waals surface area (Å²) < 4.78 is 13.3. The summed E-state index contributed by atoms with van der Waals surface area (Å²) in [6, 6.07) is 3.51. The molecule has 0 unspecified atom stereocenters. The Hall–Kier alpha value is -1.69. The first-order valence-corrected chi connectivity index (χ1v) is 5.90. The second-order valence-electron chi connectivity index (χ2n) is 5.16. The highest BCUT2D eigenvalue weighted by atomic mass is 19.1. The maximum atomic E-state index is 13.3. The van der Waals surface area contributed by atoms with E-state index in [0.717, 1.165) is 18.9 Å². The van der Waals surface area contributed by atoms with Crippen LogP contribution in [0.3, 0.4) is 0 Å². The molecular weight excluding hydrogens is 239 g/mol. The number of hydrogen-bond acceptors (Lipinski definition) is 4. The van der Waals surface area contributed by atoms with E-state index in [2.05, 4.69) is 0 Å². The third-order valence-electron chi connectivity index (χ3n) is 3.71. The zero-order valence-corrected chi connectivity index (χ0v) is 9.67. The van der Waals surface area contributed by atoms with E-state index in [1.807, 2.05) is 0 Å². The lowest BCUT2D eigenvalue weighted by molar-refractivity contribution is -0.385. The zero-order chi connectivity index (χ0) is 12.9. The molecule has 1 saturated carbocycles. The number of anilines is 1. The maximum Gasteiger partial charge on any atom is 0.274 e. The molecule has 1 aliphatic heterocycles. The van der Waals surface area contributed by atoms with Crippen LogP contribution in [0.2, 0.25) is 0 Å². The van der Waals surface area contributed by atoms with Gasteiger partial charge >= 0.3 is 0 Å². The molecule has 5 nitrogen and oxygen atoms in total. The van der Waals surface area contributed by atoms with E-state index in [1.165, 1.54) is 12.1 Å². The predicted molar refractivity (Wildman–Crippen MR) is 62.9 cm³/mol. The average Bonchev–Trinajstić information content (AvgIpc) is 3.07. The van der Waals surface area contributed by atoms with Crippen molar-refractivity contribution in [3.8, 4) is 0 Å². The first-order valence-electron chi connectivity index (χ1n) is 5.90. The number of nitro groups is 1. The normalized spacial score (nSPS) is 21.6. The standard InChI is InChI=1S/C12H13FN2O3/c13-9-3-10(5-11(4-9)15(17)18)14-6-12(16,7-14)8-1-2-8/h3-5,8,16H,1-2,6-7H2. The van der Waals surface area contributed by atoms with Crippen LogP contribution in [0.4, 0.5) is 15.8 Å². The largest absolute Gasteiger partial charge is 0.386 e. The Morgan fingerprint density at radius 2 is 2.06 bits per heavy atom. The second-order valence-corrected chi connectivity index (χ2v) is 5.16. The minimum absolute atomic E-state index is 0.258. The van der Waals surface area contributed by atoms with Crippen molar-refractivity contribution in [2.45, 2.75) is 18.4 Å². The smallest absolute Gasteiger partial charge is 0.274 e.